The first-order chi connectivity index (χ1) is 8.99. The summed E-state index contributed by atoms with van der Waals surface area (Å²) >= 11 is 17.6. The largest absolute Gasteiger partial charge is 0.396 e. The minimum absolute atomic E-state index is 0.198. The Morgan fingerprint density at radius 2 is 1.84 bits per heavy atom. The molecule has 7 heteroatoms. The van der Waals surface area contributed by atoms with Crippen LogP contribution in [0.1, 0.15) is 10.4 Å². The zero-order valence-corrected chi connectivity index (χ0v) is 11.7. The van der Waals surface area contributed by atoms with Gasteiger partial charge in [-0.25, -0.2) is 4.98 Å². The van der Waals surface area contributed by atoms with Crippen LogP contribution in [0, 0.1) is 0 Å². The summed E-state index contributed by atoms with van der Waals surface area (Å²) in [5.41, 5.74) is 6.52. The Kier molecular flexibility index (Phi) is 4.14. The molecule has 1 aromatic heterocycles. The number of halogens is 3. The van der Waals surface area contributed by atoms with Crippen molar-refractivity contribution in [2.45, 2.75) is 0 Å². The van der Waals surface area contributed by atoms with E-state index in [-0.39, 0.29) is 26.4 Å². The Hall–Kier alpha value is -1.49. The quantitative estimate of drug-likeness (QED) is 0.652. The highest BCUT2D eigenvalue weighted by Crippen LogP contribution is 2.29. The van der Waals surface area contributed by atoms with Crippen LogP contribution in [-0.2, 0) is 0 Å². The molecule has 2 aromatic rings. The molecule has 98 valence electrons. The molecule has 1 amide bonds. The topological polar surface area (TPSA) is 68.0 Å². The van der Waals surface area contributed by atoms with Crippen LogP contribution in [0.15, 0.2) is 30.5 Å². The third-order valence-electron chi connectivity index (χ3n) is 2.35. The predicted molar refractivity (Wildman–Crippen MR) is 78.1 cm³/mol. The molecule has 0 aliphatic carbocycles. The normalized spacial score (nSPS) is 10.3. The van der Waals surface area contributed by atoms with Crippen LogP contribution in [0.4, 0.5) is 11.4 Å². The minimum atomic E-state index is -0.404. The molecule has 0 aliphatic rings. The molecule has 2 rings (SSSR count). The summed E-state index contributed by atoms with van der Waals surface area (Å²) in [5, 5.41) is 3.24. The third kappa shape index (κ3) is 3.10. The third-order valence-corrected chi connectivity index (χ3v) is 3.28. The monoisotopic (exact) mass is 315 g/mol. The second kappa shape index (κ2) is 5.65. The number of nitrogens with one attached hydrogen (secondary N) is 1. The van der Waals surface area contributed by atoms with Crippen LogP contribution < -0.4 is 11.1 Å². The molecule has 0 spiro atoms. The number of nitrogens with zero attached hydrogens (tertiary/aromatic N) is 1. The van der Waals surface area contributed by atoms with Gasteiger partial charge in [0.2, 0.25) is 0 Å². The number of hydrogen-bond donors (Lipinski definition) is 2. The van der Waals surface area contributed by atoms with E-state index in [1.165, 1.54) is 18.3 Å². The van der Waals surface area contributed by atoms with E-state index in [0.717, 1.165) is 0 Å². The average Bonchev–Trinajstić information content (AvgIpc) is 2.38. The van der Waals surface area contributed by atoms with E-state index in [4.69, 9.17) is 40.5 Å². The van der Waals surface area contributed by atoms with Gasteiger partial charge in [0, 0.05) is 11.8 Å². The van der Waals surface area contributed by atoms with Crippen molar-refractivity contribution in [1.29, 1.82) is 0 Å². The van der Waals surface area contributed by atoms with Crippen molar-refractivity contribution in [2.24, 2.45) is 0 Å². The maximum atomic E-state index is 12.0. The highest BCUT2D eigenvalue weighted by Gasteiger charge is 2.12. The van der Waals surface area contributed by atoms with Crippen LogP contribution >= 0.6 is 34.8 Å². The number of carbonyl (C=O) groups excluding carboxylic acids is 1. The molecule has 19 heavy (non-hydrogen) atoms. The maximum Gasteiger partial charge on any atom is 0.255 e. The average molecular weight is 317 g/mol. The Balaban J connectivity index is 2.28. The first-order valence-electron chi connectivity index (χ1n) is 5.15. The molecule has 1 aromatic carbocycles. The van der Waals surface area contributed by atoms with E-state index < -0.39 is 5.91 Å². The molecule has 1 heterocycles. The van der Waals surface area contributed by atoms with E-state index in [2.05, 4.69) is 10.3 Å². The summed E-state index contributed by atoms with van der Waals surface area (Å²) in [6.07, 6.45) is 1.52. The van der Waals surface area contributed by atoms with Crippen LogP contribution in [0.5, 0.6) is 0 Å². The van der Waals surface area contributed by atoms with Crippen molar-refractivity contribution in [3.05, 3.63) is 51.2 Å². The molecule has 0 atom stereocenters. The summed E-state index contributed by atoms with van der Waals surface area (Å²) < 4.78 is 0. The van der Waals surface area contributed by atoms with Crippen molar-refractivity contribution < 1.29 is 4.79 Å². The Morgan fingerprint density at radius 1 is 1.21 bits per heavy atom. The van der Waals surface area contributed by atoms with Gasteiger partial charge in [0.15, 0.2) is 5.15 Å². The van der Waals surface area contributed by atoms with E-state index in [9.17, 15) is 4.79 Å². The smallest absolute Gasteiger partial charge is 0.255 e. The van der Waals surface area contributed by atoms with Crippen molar-refractivity contribution in [2.75, 3.05) is 11.1 Å². The molecule has 0 bridgehead atoms. The van der Waals surface area contributed by atoms with E-state index in [0.29, 0.717) is 5.69 Å². The van der Waals surface area contributed by atoms with Gasteiger partial charge >= 0.3 is 0 Å². The number of rotatable bonds is 2. The fourth-order valence-corrected chi connectivity index (χ4v) is 2.04. The number of nitrogens with two attached hydrogens (primary N) is 1. The summed E-state index contributed by atoms with van der Waals surface area (Å²) in [4.78, 5) is 15.9. The van der Waals surface area contributed by atoms with E-state index >= 15 is 0 Å². The molecular formula is C12H8Cl3N3O. The molecule has 0 fully saturated rings. The van der Waals surface area contributed by atoms with Gasteiger partial charge in [-0.15, -0.1) is 0 Å². The summed E-state index contributed by atoms with van der Waals surface area (Å²) in [7, 11) is 0. The van der Waals surface area contributed by atoms with E-state index in [1.54, 1.807) is 12.1 Å². The molecule has 3 N–H and O–H groups in total. The number of nitrogen functional groups attached to an aromatic ring is 1. The molecule has 0 saturated carbocycles. The van der Waals surface area contributed by atoms with Gasteiger partial charge in [0.05, 0.1) is 21.4 Å². The molecule has 0 aliphatic heterocycles. The summed E-state index contributed by atoms with van der Waals surface area (Å²) in [5.74, 6) is -0.404. The Bertz CT molecular complexity index is 623. The first-order valence-corrected chi connectivity index (χ1v) is 6.29. The number of hydrogen-bond acceptors (Lipinski definition) is 3. The molecule has 0 radical (unpaired) electrons. The zero-order valence-electron chi connectivity index (χ0n) is 9.45. The van der Waals surface area contributed by atoms with Crippen molar-refractivity contribution in [3.8, 4) is 0 Å². The van der Waals surface area contributed by atoms with Gasteiger partial charge in [-0.1, -0.05) is 34.8 Å². The lowest BCUT2D eigenvalue weighted by Crippen LogP contribution is -2.12. The fraction of sp³-hybridized carbons (Fsp3) is 0. The van der Waals surface area contributed by atoms with Gasteiger partial charge in [-0.05, 0) is 24.3 Å². The summed E-state index contributed by atoms with van der Waals surface area (Å²) in [6.45, 7) is 0. The van der Waals surface area contributed by atoms with Crippen molar-refractivity contribution in [3.63, 3.8) is 0 Å². The van der Waals surface area contributed by atoms with Crippen LogP contribution in [0.2, 0.25) is 15.2 Å². The predicted octanol–water partition coefficient (Wildman–Crippen LogP) is 3.88. The highest BCUT2D eigenvalue weighted by atomic mass is 35.5. The van der Waals surface area contributed by atoms with Gasteiger partial charge in [0.25, 0.3) is 5.91 Å². The SMILES string of the molecule is Nc1c(Cl)cc(C(=O)Nc2cccnc2Cl)cc1Cl. The molecule has 4 nitrogen and oxygen atoms in total. The zero-order chi connectivity index (χ0) is 14.0. The van der Waals surface area contributed by atoms with Crippen LogP contribution in [0.3, 0.4) is 0 Å². The molecule has 0 unspecified atom stereocenters. The number of amides is 1. The lowest BCUT2D eigenvalue weighted by Gasteiger charge is -2.08. The number of carbonyl (C=O) groups is 1. The molecule has 0 saturated heterocycles. The van der Waals surface area contributed by atoms with Gasteiger partial charge in [-0.3, -0.25) is 4.79 Å². The van der Waals surface area contributed by atoms with Gasteiger partial charge < -0.3 is 11.1 Å². The van der Waals surface area contributed by atoms with Crippen LogP contribution in [-0.4, -0.2) is 10.9 Å². The second-order valence-electron chi connectivity index (χ2n) is 3.65. The lowest BCUT2D eigenvalue weighted by molar-refractivity contribution is 0.102. The van der Waals surface area contributed by atoms with Gasteiger partial charge in [-0.2, -0.15) is 0 Å². The van der Waals surface area contributed by atoms with E-state index in [1.807, 2.05) is 0 Å². The number of pyridine rings is 1. The first kappa shape index (κ1) is 13.9. The lowest BCUT2D eigenvalue weighted by atomic mass is 10.2. The van der Waals surface area contributed by atoms with Gasteiger partial charge in [0.1, 0.15) is 0 Å². The standard InChI is InChI=1S/C12H8Cl3N3O/c13-7-4-6(5-8(14)10(7)16)12(19)18-9-2-1-3-17-11(9)15/h1-5H,16H2,(H,18,19). The number of anilines is 2. The van der Waals surface area contributed by atoms with Crippen LogP contribution in [0.25, 0.3) is 0 Å². The maximum absolute atomic E-state index is 12.0. The van der Waals surface area contributed by atoms with Crippen molar-refractivity contribution in [1.82, 2.24) is 4.98 Å². The number of aromatic nitrogens is 1. The minimum Gasteiger partial charge on any atom is -0.396 e. The number of benzene rings is 1. The Labute approximate surface area is 124 Å². The fourth-order valence-electron chi connectivity index (χ4n) is 1.39. The second-order valence-corrected chi connectivity index (χ2v) is 4.82. The summed E-state index contributed by atoms with van der Waals surface area (Å²) in [6, 6.07) is 6.16. The highest BCUT2D eigenvalue weighted by molar-refractivity contribution is 6.39. The van der Waals surface area contributed by atoms with Crippen molar-refractivity contribution >= 4 is 52.1 Å². The molecular weight excluding hydrogens is 309 g/mol. The Morgan fingerprint density at radius 3 is 2.42 bits per heavy atom.